The van der Waals surface area contributed by atoms with Crippen LogP contribution in [0.1, 0.15) is 24.9 Å². The van der Waals surface area contributed by atoms with Crippen molar-refractivity contribution in [2.24, 2.45) is 0 Å². The molecule has 2 heterocycles. The highest BCUT2D eigenvalue weighted by atomic mass is 79.9. The zero-order valence-electron chi connectivity index (χ0n) is 12.2. The Morgan fingerprint density at radius 1 is 1.41 bits per heavy atom. The Morgan fingerprint density at radius 3 is 2.77 bits per heavy atom. The quantitative estimate of drug-likeness (QED) is 0.850. The van der Waals surface area contributed by atoms with Crippen molar-refractivity contribution in [2.45, 2.75) is 19.4 Å². The Hall–Kier alpha value is -2.15. The molecule has 0 radical (unpaired) electrons. The maximum Gasteiger partial charge on any atom is 0.338 e. The predicted molar refractivity (Wildman–Crippen MR) is 85.3 cm³/mol. The first kappa shape index (κ1) is 14.8. The Balaban J connectivity index is 2.19. The molecule has 1 aliphatic rings. The fraction of sp³-hybridized carbons (Fsp3) is 0.267. The number of ether oxygens (including phenoxy) is 1. The number of hydrogen-bond donors (Lipinski definition) is 1. The summed E-state index contributed by atoms with van der Waals surface area (Å²) in [5, 5.41) is 7.42. The molecule has 1 aromatic heterocycles. The van der Waals surface area contributed by atoms with E-state index in [2.05, 4.69) is 31.3 Å². The van der Waals surface area contributed by atoms with Gasteiger partial charge in [-0.25, -0.2) is 9.48 Å². The molecule has 1 N–H and O–H groups in total. The van der Waals surface area contributed by atoms with E-state index in [1.54, 1.807) is 4.68 Å². The van der Waals surface area contributed by atoms with Gasteiger partial charge in [0.2, 0.25) is 5.95 Å². The van der Waals surface area contributed by atoms with Crippen molar-refractivity contribution < 1.29 is 9.53 Å². The van der Waals surface area contributed by atoms with Gasteiger partial charge in [-0.1, -0.05) is 35.0 Å². The smallest absolute Gasteiger partial charge is 0.338 e. The first-order valence-electron chi connectivity index (χ1n) is 6.89. The number of rotatable bonds is 3. The number of benzene rings is 1. The highest BCUT2D eigenvalue weighted by Crippen LogP contribution is 2.36. The lowest BCUT2D eigenvalue weighted by Crippen LogP contribution is -2.29. The van der Waals surface area contributed by atoms with Gasteiger partial charge in [0.1, 0.15) is 12.4 Å². The monoisotopic (exact) mass is 362 g/mol. The summed E-state index contributed by atoms with van der Waals surface area (Å²) in [5.74, 6) is 0.260. The van der Waals surface area contributed by atoms with Gasteiger partial charge in [0.25, 0.3) is 0 Å². The second-order valence-corrected chi connectivity index (χ2v) is 5.76. The Labute approximate surface area is 136 Å². The molecule has 0 fully saturated rings. The molecule has 1 atom stereocenters. The Bertz CT molecular complexity index is 736. The second kappa shape index (κ2) is 5.92. The van der Waals surface area contributed by atoms with E-state index in [9.17, 15) is 4.79 Å². The third kappa shape index (κ3) is 2.41. The third-order valence-electron chi connectivity index (χ3n) is 3.62. The van der Waals surface area contributed by atoms with Gasteiger partial charge < -0.3 is 10.1 Å². The molecule has 3 rings (SSSR count). The van der Waals surface area contributed by atoms with Gasteiger partial charge in [0.05, 0.1) is 12.7 Å². The van der Waals surface area contributed by atoms with Crippen LogP contribution in [-0.4, -0.2) is 27.8 Å². The normalized spacial score (nSPS) is 17.0. The van der Waals surface area contributed by atoms with Crippen molar-refractivity contribution in [1.82, 2.24) is 14.8 Å². The number of methoxy groups -OCH3 is 1. The average Bonchev–Trinajstić information content (AvgIpc) is 3.01. The number of allylic oxidation sites excluding steroid dienone is 1. The number of carbonyl (C=O) groups excluding carboxylic acids is 1. The van der Waals surface area contributed by atoms with Gasteiger partial charge in [-0.05, 0) is 24.1 Å². The fourth-order valence-corrected chi connectivity index (χ4v) is 2.86. The van der Waals surface area contributed by atoms with Crippen LogP contribution < -0.4 is 5.32 Å². The van der Waals surface area contributed by atoms with E-state index in [1.165, 1.54) is 13.4 Å². The summed E-state index contributed by atoms with van der Waals surface area (Å²) >= 11 is 3.43. The summed E-state index contributed by atoms with van der Waals surface area (Å²) in [5.41, 5.74) is 2.31. The molecule has 1 aromatic carbocycles. The van der Waals surface area contributed by atoms with Crippen molar-refractivity contribution in [2.75, 3.05) is 12.4 Å². The van der Waals surface area contributed by atoms with Crippen LogP contribution in [0.2, 0.25) is 0 Å². The molecule has 6 nitrogen and oxygen atoms in total. The van der Waals surface area contributed by atoms with E-state index in [0.717, 1.165) is 15.7 Å². The summed E-state index contributed by atoms with van der Waals surface area (Å²) in [4.78, 5) is 16.5. The minimum atomic E-state index is -0.363. The summed E-state index contributed by atoms with van der Waals surface area (Å²) in [7, 11) is 1.39. The molecule has 114 valence electrons. The minimum Gasteiger partial charge on any atom is -0.466 e. The number of nitrogens with zero attached hydrogens (tertiary/aromatic N) is 3. The first-order valence-corrected chi connectivity index (χ1v) is 7.68. The van der Waals surface area contributed by atoms with E-state index >= 15 is 0 Å². The van der Waals surface area contributed by atoms with Crippen molar-refractivity contribution in [3.8, 4) is 0 Å². The average molecular weight is 363 g/mol. The minimum absolute atomic E-state index is 0.353. The van der Waals surface area contributed by atoms with E-state index < -0.39 is 0 Å². The zero-order valence-corrected chi connectivity index (χ0v) is 13.8. The van der Waals surface area contributed by atoms with Crippen LogP contribution in [0.5, 0.6) is 0 Å². The SMILES string of the molecule is CCC1=C(C(=O)OC)[C@@H](c2ccc(Br)cc2)n2ncnc2N1. The van der Waals surface area contributed by atoms with Crippen molar-refractivity contribution >= 4 is 27.8 Å². The summed E-state index contributed by atoms with van der Waals surface area (Å²) in [6.45, 7) is 1.98. The molecule has 0 amide bonds. The summed E-state index contributed by atoms with van der Waals surface area (Å²) < 4.78 is 7.66. The van der Waals surface area contributed by atoms with E-state index in [4.69, 9.17) is 4.74 Å². The molecule has 0 saturated carbocycles. The van der Waals surface area contributed by atoms with E-state index in [0.29, 0.717) is 17.9 Å². The number of hydrogen-bond acceptors (Lipinski definition) is 5. The molecule has 0 bridgehead atoms. The van der Waals surface area contributed by atoms with Crippen LogP contribution in [0.25, 0.3) is 0 Å². The van der Waals surface area contributed by atoms with E-state index in [1.807, 2.05) is 31.2 Å². The van der Waals surface area contributed by atoms with Crippen LogP contribution in [0, 0.1) is 0 Å². The number of carbonyl (C=O) groups is 1. The molecular weight excluding hydrogens is 348 g/mol. The Morgan fingerprint density at radius 2 is 2.14 bits per heavy atom. The molecule has 2 aromatic rings. The van der Waals surface area contributed by atoms with Gasteiger partial charge in [0, 0.05) is 10.2 Å². The van der Waals surface area contributed by atoms with Gasteiger partial charge in [-0.3, -0.25) is 0 Å². The standard InChI is InChI=1S/C15H15BrN4O2/c1-3-11-12(14(21)22-2)13(9-4-6-10(16)7-5-9)20-15(19-11)17-8-18-20/h4-8,13H,3H2,1-2H3,(H,17,18,19)/t13-/m1/s1. The molecule has 1 aliphatic heterocycles. The van der Waals surface area contributed by atoms with E-state index in [-0.39, 0.29) is 12.0 Å². The highest BCUT2D eigenvalue weighted by molar-refractivity contribution is 9.10. The predicted octanol–water partition coefficient (Wildman–Crippen LogP) is 2.89. The van der Waals surface area contributed by atoms with Gasteiger partial charge in [-0.15, -0.1) is 0 Å². The maximum atomic E-state index is 12.3. The third-order valence-corrected chi connectivity index (χ3v) is 4.15. The lowest BCUT2D eigenvalue weighted by Gasteiger charge is -2.28. The van der Waals surface area contributed by atoms with Gasteiger partial charge >= 0.3 is 5.97 Å². The molecular formula is C15H15BrN4O2. The largest absolute Gasteiger partial charge is 0.466 e. The van der Waals surface area contributed by atoms with Crippen LogP contribution in [-0.2, 0) is 9.53 Å². The number of nitrogens with one attached hydrogen (secondary N) is 1. The maximum absolute atomic E-state index is 12.3. The lowest BCUT2D eigenvalue weighted by molar-refractivity contribution is -0.136. The number of anilines is 1. The lowest BCUT2D eigenvalue weighted by atomic mass is 9.95. The van der Waals surface area contributed by atoms with Crippen LogP contribution >= 0.6 is 15.9 Å². The van der Waals surface area contributed by atoms with Crippen LogP contribution in [0.4, 0.5) is 5.95 Å². The van der Waals surface area contributed by atoms with Crippen LogP contribution in [0.15, 0.2) is 46.3 Å². The molecule has 0 saturated heterocycles. The molecule has 7 heteroatoms. The molecule has 0 spiro atoms. The summed E-state index contributed by atoms with van der Waals surface area (Å²) in [6, 6.07) is 7.45. The zero-order chi connectivity index (χ0) is 15.7. The van der Waals surface area contributed by atoms with Crippen molar-refractivity contribution in [3.05, 3.63) is 51.9 Å². The first-order chi connectivity index (χ1) is 10.7. The topological polar surface area (TPSA) is 69.0 Å². The highest BCUT2D eigenvalue weighted by Gasteiger charge is 2.34. The van der Waals surface area contributed by atoms with Crippen molar-refractivity contribution in [3.63, 3.8) is 0 Å². The van der Waals surface area contributed by atoms with Gasteiger partial charge in [0.15, 0.2) is 0 Å². The van der Waals surface area contributed by atoms with Crippen LogP contribution in [0.3, 0.4) is 0 Å². The number of fused-ring (bicyclic) bond motifs is 1. The van der Waals surface area contributed by atoms with Crippen molar-refractivity contribution in [1.29, 1.82) is 0 Å². The fourth-order valence-electron chi connectivity index (χ4n) is 2.59. The number of aromatic nitrogens is 3. The molecule has 22 heavy (non-hydrogen) atoms. The molecule has 0 aliphatic carbocycles. The Kier molecular flexibility index (Phi) is 3.98. The molecule has 0 unspecified atom stereocenters. The summed E-state index contributed by atoms with van der Waals surface area (Å²) in [6.07, 6.45) is 2.14. The number of esters is 1. The number of halogens is 1. The second-order valence-electron chi connectivity index (χ2n) is 4.84. The van der Waals surface area contributed by atoms with Gasteiger partial charge in [-0.2, -0.15) is 10.1 Å².